The molecule has 0 radical (unpaired) electrons. The zero-order chi connectivity index (χ0) is 10.3. The van der Waals surface area contributed by atoms with Crippen LogP contribution in [0.2, 0.25) is 0 Å². The predicted octanol–water partition coefficient (Wildman–Crippen LogP) is 2.54. The molecule has 0 atom stereocenters. The zero-order valence-electron chi connectivity index (χ0n) is 7.26. The maximum Gasteiger partial charge on any atom is 0.335 e. The first-order chi connectivity index (χ1) is 6.59. The van der Waals surface area contributed by atoms with Gasteiger partial charge in [0.05, 0.1) is 5.56 Å². The highest BCUT2D eigenvalue weighted by Gasteiger charge is 2.30. The van der Waals surface area contributed by atoms with Crippen molar-refractivity contribution in [2.45, 2.75) is 18.8 Å². The van der Waals surface area contributed by atoms with Gasteiger partial charge < -0.3 is 5.11 Å². The summed E-state index contributed by atoms with van der Waals surface area (Å²) in [4.78, 5) is 10.5. The van der Waals surface area contributed by atoms with Crippen molar-refractivity contribution in [2.75, 3.05) is 0 Å². The van der Waals surface area contributed by atoms with E-state index < -0.39 is 17.6 Å². The molecule has 1 fully saturated rings. The molecule has 2 nitrogen and oxygen atoms in total. The van der Waals surface area contributed by atoms with Crippen LogP contribution in [0, 0.1) is 11.6 Å². The van der Waals surface area contributed by atoms with E-state index in [0.29, 0.717) is 0 Å². The molecule has 1 N–H and O–H groups in total. The Labute approximate surface area is 79.2 Å². The molecule has 0 bridgehead atoms. The molecule has 1 aromatic rings. The fourth-order valence-electron chi connectivity index (χ4n) is 1.47. The van der Waals surface area contributed by atoms with Crippen molar-refractivity contribution in [2.24, 2.45) is 0 Å². The number of halogens is 2. The van der Waals surface area contributed by atoms with Gasteiger partial charge in [0.25, 0.3) is 0 Å². The van der Waals surface area contributed by atoms with Crippen LogP contribution in [0.3, 0.4) is 0 Å². The fraction of sp³-hybridized carbons (Fsp3) is 0.300. The van der Waals surface area contributed by atoms with Gasteiger partial charge in [-0.15, -0.1) is 0 Å². The van der Waals surface area contributed by atoms with E-state index in [-0.39, 0.29) is 17.0 Å². The lowest BCUT2D eigenvalue weighted by Crippen LogP contribution is -2.02. The fourth-order valence-corrected chi connectivity index (χ4v) is 1.47. The van der Waals surface area contributed by atoms with E-state index in [4.69, 9.17) is 5.11 Å². The van der Waals surface area contributed by atoms with Gasteiger partial charge >= 0.3 is 5.97 Å². The summed E-state index contributed by atoms with van der Waals surface area (Å²) >= 11 is 0. The highest BCUT2D eigenvalue weighted by atomic mass is 19.1. The van der Waals surface area contributed by atoms with E-state index in [1.807, 2.05) is 0 Å². The van der Waals surface area contributed by atoms with E-state index >= 15 is 0 Å². The van der Waals surface area contributed by atoms with E-state index in [0.717, 1.165) is 25.0 Å². The maximum absolute atomic E-state index is 13.3. The molecule has 0 heterocycles. The van der Waals surface area contributed by atoms with Crippen molar-refractivity contribution in [3.8, 4) is 0 Å². The first-order valence-corrected chi connectivity index (χ1v) is 4.32. The molecule has 74 valence electrons. The molecular formula is C10H8F2O2. The third-order valence-electron chi connectivity index (χ3n) is 2.31. The highest BCUT2D eigenvalue weighted by molar-refractivity contribution is 5.87. The molecule has 0 amide bonds. The highest BCUT2D eigenvalue weighted by Crippen LogP contribution is 2.42. The van der Waals surface area contributed by atoms with Gasteiger partial charge in [-0.3, -0.25) is 0 Å². The van der Waals surface area contributed by atoms with Crippen LogP contribution < -0.4 is 0 Å². The molecule has 1 aliphatic rings. The number of carboxylic acids is 1. The van der Waals surface area contributed by atoms with Crippen LogP contribution in [-0.4, -0.2) is 11.1 Å². The summed E-state index contributed by atoms with van der Waals surface area (Å²) in [7, 11) is 0. The Balaban J connectivity index is 2.49. The summed E-state index contributed by atoms with van der Waals surface area (Å²) in [6, 6.07) is 1.75. The third-order valence-corrected chi connectivity index (χ3v) is 2.31. The first kappa shape index (κ1) is 9.12. The molecule has 0 unspecified atom stereocenters. The Morgan fingerprint density at radius 3 is 2.14 bits per heavy atom. The van der Waals surface area contributed by atoms with Gasteiger partial charge in [0.15, 0.2) is 0 Å². The molecule has 1 saturated carbocycles. The number of aromatic carboxylic acids is 1. The molecule has 1 aliphatic carbocycles. The number of hydrogen-bond donors (Lipinski definition) is 1. The lowest BCUT2D eigenvalue weighted by atomic mass is 10.1. The Morgan fingerprint density at radius 2 is 1.79 bits per heavy atom. The summed E-state index contributed by atoms with van der Waals surface area (Å²) in [5, 5.41) is 8.55. The molecular weight excluding hydrogens is 190 g/mol. The topological polar surface area (TPSA) is 37.3 Å². The number of hydrogen-bond acceptors (Lipinski definition) is 1. The van der Waals surface area contributed by atoms with Crippen LogP contribution in [0.15, 0.2) is 12.1 Å². The lowest BCUT2D eigenvalue weighted by molar-refractivity contribution is 0.0695. The summed E-state index contributed by atoms with van der Waals surface area (Å²) < 4.78 is 26.5. The predicted molar refractivity (Wildman–Crippen MR) is 45.3 cm³/mol. The summed E-state index contributed by atoms with van der Waals surface area (Å²) in [5.74, 6) is -2.86. The number of carbonyl (C=O) groups is 1. The van der Waals surface area contributed by atoms with E-state index in [9.17, 15) is 13.6 Å². The summed E-state index contributed by atoms with van der Waals surface area (Å²) in [6.45, 7) is 0. The molecule has 0 spiro atoms. The van der Waals surface area contributed by atoms with Crippen molar-refractivity contribution in [1.29, 1.82) is 0 Å². The molecule has 14 heavy (non-hydrogen) atoms. The van der Waals surface area contributed by atoms with Crippen LogP contribution in [0.4, 0.5) is 8.78 Å². The van der Waals surface area contributed by atoms with E-state index in [1.54, 1.807) is 0 Å². The average molecular weight is 198 g/mol. The van der Waals surface area contributed by atoms with Crippen molar-refractivity contribution < 1.29 is 18.7 Å². The van der Waals surface area contributed by atoms with Crippen molar-refractivity contribution in [3.05, 3.63) is 34.9 Å². The minimum atomic E-state index is -1.31. The van der Waals surface area contributed by atoms with Crippen LogP contribution in [0.5, 0.6) is 0 Å². The van der Waals surface area contributed by atoms with Gasteiger partial charge in [0, 0.05) is 5.56 Å². The second kappa shape index (κ2) is 3.04. The monoisotopic (exact) mass is 198 g/mol. The van der Waals surface area contributed by atoms with Crippen LogP contribution in [0.1, 0.15) is 34.7 Å². The minimum absolute atomic E-state index is 0.0370. The Hall–Kier alpha value is -1.45. The number of benzene rings is 1. The standard InChI is InChI=1S/C10H8F2O2/c11-7-3-6(10(13)14)4-8(12)9(7)5-1-2-5/h3-5H,1-2H2,(H,13,14). The van der Waals surface area contributed by atoms with Gasteiger partial charge in [0.2, 0.25) is 0 Å². The van der Waals surface area contributed by atoms with Crippen molar-refractivity contribution in [1.82, 2.24) is 0 Å². The molecule has 0 aliphatic heterocycles. The average Bonchev–Trinajstić information content (AvgIpc) is 2.86. The smallest absolute Gasteiger partial charge is 0.335 e. The van der Waals surface area contributed by atoms with Crippen molar-refractivity contribution in [3.63, 3.8) is 0 Å². The van der Waals surface area contributed by atoms with Gasteiger partial charge in [-0.2, -0.15) is 0 Å². The first-order valence-electron chi connectivity index (χ1n) is 4.32. The summed E-state index contributed by atoms with van der Waals surface area (Å²) in [5.41, 5.74) is -0.306. The summed E-state index contributed by atoms with van der Waals surface area (Å²) in [6.07, 6.45) is 1.56. The van der Waals surface area contributed by atoms with E-state index in [2.05, 4.69) is 0 Å². The molecule has 1 aromatic carbocycles. The SMILES string of the molecule is O=C(O)c1cc(F)c(C2CC2)c(F)c1. The van der Waals surface area contributed by atoms with Crippen LogP contribution in [0.25, 0.3) is 0 Å². The van der Waals surface area contributed by atoms with E-state index in [1.165, 1.54) is 0 Å². The zero-order valence-corrected chi connectivity index (χ0v) is 7.26. The van der Waals surface area contributed by atoms with Crippen LogP contribution in [-0.2, 0) is 0 Å². The number of rotatable bonds is 2. The normalized spacial score (nSPS) is 15.6. The largest absolute Gasteiger partial charge is 0.478 e. The van der Waals surface area contributed by atoms with Gasteiger partial charge in [-0.1, -0.05) is 0 Å². The molecule has 2 rings (SSSR count). The molecule has 0 aromatic heterocycles. The van der Waals surface area contributed by atoms with Gasteiger partial charge in [-0.25, -0.2) is 13.6 Å². The Morgan fingerprint density at radius 1 is 1.29 bits per heavy atom. The molecule has 4 heteroatoms. The minimum Gasteiger partial charge on any atom is -0.478 e. The Kier molecular flexibility index (Phi) is 1.98. The number of carboxylic acid groups (broad SMARTS) is 1. The van der Waals surface area contributed by atoms with Crippen LogP contribution >= 0.6 is 0 Å². The molecule has 0 saturated heterocycles. The van der Waals surface area contributed by atoms with Gasteiger partial charge in [0.1, 0.15) is 11.6 Å². The second-order valence-electron chi connectivity index (χ2n) is 3.43. The van der Waals surface area contributed by atoms with Gasteiger partial charge in [-0.05, 0) is 30.9 Å². The quantitative estimate of drug-likeness (QED) is 0.792. The Bertz CT molecular complexity index is 374. The second-order valence-corrected chi connectivity index (χ2v) is 3.43. The third kappa shape index (κ3) is 1.47. The maximum atomic E-state index is 13.3. The van der Waals surface area contributed by atoms with Crippen molar-refractivity contribution >= 4 is 5.97 Å². The lowest BCUT2D eigenvalue weighted by Gasteiger charge is -2.04.